The van der Waals surface area contributed by atoms with Gasteiger partial charge in [-0.3, -0.25) is 0 Å². The van der Waals surface area contributed by atoms with Crippen LogP contribution < -0.4 is 14.2 Å². The molecule has 25 heavy (non-hydrogen) atoms. The highest BCUT2D eigenvalue weighted by atomic mass is 32.2. The van der Waals surface area contributed by atoms with Gasteiger partial charge in [0.25, 0.3) is 0 Å². The van der Waals surface area contributed by atoms with Crippen LogP contribution in [0.4, 0.5) is 0 Å². The van der Waals surface area contributed by atoms with E-state index in [1.165, 1.54) is 21.3 Å². The van der Waals surface area contributed by atoms with E-state index in [-0.39, 0.29) is 13.6 Å². The molecule has 0 fully saturated rings. The highest BCUT2D eigenvalue weighted by molar-refractivity contribution is 7.85. The summed E-state index contributed by atoms with van der Waals surface area (Å²) in [6.07, 6.45) is 0. The minimum atomic E-state index is -1.48. The molecule has 1 unspecified atom stereocenters. The molecule has 1 atom stereocenters. The minimum Gasteiger partial charge on any atom is -0.493 e. The molecule has 0 aliphatic heterocycles. The van der Waals surface area contributed by atoms with Crippen LogP contribution in [0.15, 0.2) is 46.2 Å². The second-order valence-electron chi connectivity index (χ2n) is 5.14. The van der Waals surface area contributed by atoms with Gasteiger partial charge in [0, 0.05) is 31.2 Å². The Balaban J connectivity index is 2.49. The van der Waals surface area contributed by atoms with Crippen LogP contribution in [0.3, 0.4) is 0 Å². The second-order valence-corrected chi connectivity index (χ2v) is 6.58. The molecular weight excluding hydrogens is 344 g/mol. The van der Waals surface area contributed by atoms with Gasteiger partial charge in [0.15, 0.2) is 25.1 Å². The predicted molar refractivity (Wildman–Crippen MR) is 93.9 cm³/mol. The molecule has 0 saturated carbocycles. The number of hydrogen-bond donors (Lipinski definition) is 0. The fourth-order valence-electron chi connectivity index (χ4n) is 2.10. The van der Waals surface area contributed by atoms with Crippen LogP contribution in [0, 0.1) is 6.92 Å². The molecular formula is C18H22O6S. The fourth-order valence-corrected chi connectivity index (χ4v) is 3.29. The first-order chi connectivity index (χ1) is 12.1. The molecule has 2 rings (SSSR count). The van der Waals surface area contributed by atoms with Crippen molar-refractivity contribution in [3.8, 4) is 17.2 Å². The highest BCUT2D eigenvalue weighted by Gasteiger charge is 2.20. The molecule has 2 aromatic carbocycles. The van der Waals surface area contributed by atoms with Crippen LogP contribution in [0.5, 0.6) is 17.2 Å². The monoisotopic (exact) mass is 366 g/mol. The molecule has 136 valence electrons. The zero-order valence-corrected chi connectivity index (χ0v) is 15.6. The van der Waals surface area contributed by atoms with Crippen molar-refractivity contribution in [1.82, 2.24) is 0 Å². The first-order valence-corrected chi connectivity index (χ1v) is 8.69. The lowest BCUT2D eigenvalue weighted by molar-refractivity contribution is 0.0446. The summed E-state index contributed by atoms with van der Waals surface area (Å²) in [6, 6.07) is 10.8. The molecule has 0 spiro atoms. The SMILES string of the molecule is COCOc1cc(OC)c(OCOC)c(S(=O)c2ccc(C)cc2)c1. The molecule has 0 amide bonds. The predicted octanol–water partition coefficient (Wildman–Crippen LogP) is 3.14. The summed E-state index contributed by atoms with van der Waals surface area (Å²) in [5.41, 5.74) is 1.09. The number of ether oxygens (including phenoxy) is 5. The highest BCUT2D eigenvalue weighted by Crippen LogP contribution is 2.39. The molecule has 2 aromatic rings. The Kier molecular flexibility index (Phi) is 7.24. The van der Waals surface area contributed by atoms with Gasteiger partial charge in [-0.05, 0) is 19.1 Å². The van der Waals surface area contributed by atoms with Crippen molar-refractivity contribution in [2.75, 3.05) is 34.9 Å². The number of rotatable bonds is 9. The van der Waals surface area contributed by atoms with Crippen molar-refractivity contribution in [2.24, 2.45) is 0 Å². The third-order valence-electron chi connectivity index (χ3n) is 3.31. The zero-order chi connectivity index (χ0) is 18.2. The van der Waals surface area contributed by atoms with Gasteiger partial charge in [0.05, 0.1) is 22.8 Å². The number of hydrogen-bond acceptors (Lipinski definition) is 6. The zero-order valence-electron chi connectivity index (χ0n) is 14.7. The molecule has 6 nitrogen and oxygen atoms in total. The van der Waals surface area contributed by atoms with E-state index >= 15 is 0 Å². The van der Waals surface area contributed by atoms with Crippen molar-refractivity contribution in [1.29, 1.82) is 0 Å². The van der Waals surface area contributed by atoms with Gasteiger partial charge in [-0.2, -0.15) is 0 Å². The summed E-state index contributed by atoms with van der Waals surface area (Å²) in [4.78, 5) is 1.09. The van der Waals surface area contributed by atoms with Crippen molar-refractivity contribution in [3.63, 3.8) is 0 Å². The summed E-state index contributed by atoms with van der Waals surface area (Å²) in [7, 11) is 3.07. The first-order valence-electron chi connectivity index (χ1n) is 7.54. The maximum atomic E-state index is 13.1. The summed E-state index contributed by atoms with van der Waals surface area (Å²) >= 11 is 0. The summed E-state index contributed by atoms with van der Waals surface area (Å²) in [5, 5.41) is 0. The van der Waals surface area contributed by atoms with E-state index in [0.29, 0.717) is 27.0 Å². The normalized spacial score (nSPS) is 11.8. The van der Waals surface area contributed by atoms with Crippen molar-refractivity contribution >= 4 is 10.8 Å². The lowest BCUT2D eigenvalue weighted by atomic mass is 10.2. The van der Waals surface area contributed by atoms with Gasteiger partial charge in [-0.1, -0.05) is 17.7 Å². The smallest absolute Gasteiger partial charge is 0.188 e. The van der Waals surface area contributed by atoms with E-state index in [9.17, 15) is 4.21 Å². The van der Waals surface area contributed by atoms with Crippen molar-refractivity contribution in [2.45, 2.75) is 16.7 Å². The van der Waals surface area contributed by atoms with Gasteiger partial charge < -0.3 is 23.7 Å². The van der Waals surface area contributed by atoms with Gasteiger partial charge in [-0.25, -0.2) is 4.21 Å². The quantitative estimate of drug-likeness (QED) is 0.636. The lowest BCUT2D eigenvalue weighted by Crippen LogP contribution is -2.07. The number of benzene rings is 2. The molecule has 0 saturated heterocycles. The Morgan fingerprint density at radius 1 is 0.920 bits per heavy atom. The van der Waals surface area contributed by atoms with E-state index in [4.69, 9.17) is 23.7 Å². The maximum absolute atomic E-state index is 13.1. The third kappa shape index (κ3) is 4.94. The van der Waals surface area contributed by atoms with Crippen molar-refractivity contribution < 1.29 is 27.9 Å². The van der Waals surface area contributed by atoms with Gasteiger partial charge >= 0.3 is 0 Å². The topological polar surface area (TPSA) is 63.2 Å². The van der Waals surface area contributed by atoms with Gasteiger partial charge in [0.2, 0.25) is 0 Å². The Hall–Kier alpha value is -2.09. The van der Waals surface area contributed by atoms with E-state index in [0.717, 1.165) is 5.56 Å². The van der Waals surface area contributed by atoms with Crippen molar-refractivity contribution in [3.05, 3.63) is 42.0 Å². The average molecular weight is 366 g/mol. The molecule has 0 aliphatic rings. The van der Waals surface area contributed by atoms with Crippen LogP contribution >= 0.6 is 0 Å². The summed E-state index contributed by atoms with van der Waals surface area (Å²) in [6.45, 7) is 2.05. The Labute approximate surface area is 150 Å². The molecule has 0 bridgehead atoms. The Morgan fingerprint density at radius 3 is 2.16 bits per heavy atom. The molecule has 0 aromatic heterocycles. The standard InChI is InChI=1S/C18H22O6S/c1-13-5-7-15(8-6-13)25(19)17-10-14(23-11-20-2)9-16(22-4)18(17)24-12-21-3/h5-10H,11-12H2,1-4H3. The summed E-state index contributed by atoms with van der Waals surface area (Å²) < 4.78 is 39.4. The third-order valence-corrected chi connectivity index (χ3v) is 4.72. The average Bonchev–Trinajstić information content (AvgIpc) is 2.64. The van der Waals surface area contributed by atoms with E-state index in [2.05, 4.69) is 0 Å². The Bertz CT molecular complexity index is 714. The minimum absolute atomic E-state index is 0.00668. The molecule has 0 radical (unpaired) electrons. The van der Waals surface area contributed by atoms with Crippen LogP contribution in [0.2, 0.25) is 0 Å². The summed E-state index contributed by atoms with van der Waals surface area (Å²) in [5.74, 6) is 1.23. The molecule has 0 heterocycles. The van der Waals surface area contributed by atoms with Gasteiger partial charge in [0.1, 0.15) is 5.75 Å². The van der Waals surface area contributed by atoms with Crippen LogP contribution in [0.1, 0.15) is 5.56 Å². The maximum Gasteiger partial charge on any atom is 0.188 e. The lowest BCUT2D eigenvalue weighted by Gasteiger charge is -2.16. The number of aryl methyl sites for hydroxylation is 1. The van der Waals surface area contributed by atoms with Crippen LogP contribution in [-0.4, -0.2) is 39.1 Å². The van der Waals surface area contributed by atoms with E-state index in [1.807, 2.05) is 31.2 Å². The first kappa shape index (κ1) is 19.2. The molecule has 0 N–H and O–H groups in total. The van der Waals surface area contributed by atoms with E-state index < -0.39 is 10.8 Å². The largest absolute Gasteiger partial charge is 0.493 e. The fraction of sp³-hybridized carbons (Fsp3) is 0.333. The second kappa shape index (κ2) is 9.41. The molecule has 0 aliphatic carbocycles. The van der Waals surface area contributed by atoms with Gasteiger partial charge in [-0.15, -0.1) is 0 Å². The van der Waals surface area contributed by atoms with Crippen LogP contribution in [-0.2, 0) is 20.3 Å². The van der Waals surface area contributed by atoms with E-state index in [1.54, 1.807) is 12.1 Å². The number of methoxy groups -OCH3 is 3. The Morgan fingerprint density at radius 2 is 1.56 bits per heavy atom. The molecule has 7 heteroatoms. The van der Waals surface area contributed by atoms with Crippen LogP contribution in [0.25, 0.3) is 0 Å².